The molecule has 0 spiro atoms. The normalized spacial score (nSPS) is 11.8. The van der Waals surface area contributed by atoms with Crippen LogP contribution in [0.1, 0.15) is 79.1 Å². The molecule has 0 aliphatic heterocycles. The monoisotopic (exact) mass is 246 g/mol. The van der Waals surface area contributed by atoms with E-state index in [2.05, 4.69) is 6.92 Å². The van der Waals surface area contributed by atoms with E-state index in [1.807, 2.05) is 20.8 Å². The summed E-state index contributed by atoms with van der Waals surface area (Å²) < 4.78 is 4.83. The Kier molecular flexibility index (Phi) is 20.7. The van der Waals surface area contributed by atoms with Crippen LogP contribution < -0.4 is 0 Å². The molecule has 0 rings (SSSR count). The number of ether oxygens (including phenoxy) is 1. The van der Waals surface area contributed by atoms with Crippen molar-refractivity contribution in [1.82, 2.24) is 0 Å². The van der Waals surface area contributed by atoms with Gasteiger partial charge in [-0.15, -0.1) is 0 Å². The lowest BCUT2D eigenvalue weighted by Crippen LogP contribution is -1.98. The summed E-state index contributed by atoms with van der Waals surface area (Å²) in [6.45, 7) is 9.78. The summed E-state index contributed by atoms with van der Waals surface area (Å²) in [5.41, 5.74) is 0. The summed E-state index contributed by atoms with van der Waals surface area (Å²) in [5.74, 6) is 0. The van der Waals surface area contributed by atoms with E-state index in [0.29, 0.717) is 0 Å². The first-order valence-corrected chi connectivity index (χ1v) is 7.44. The summed E-state index contributed by atoms with van der Waals surface area (Å²) in [4.78, 5) is 0. The van der Waals surface area contributed by atoms with Gasteiger partial charge in [-0.2, -0.15) is 0 Å². The van der Waals surface area contributed by atoms with Crippen molar-refractivity contribution in [3.63, 3.8) is 0 Å². The minimum Gasteiger partial charge on any atom is -0.393 e. The Labute approximate surface area is 109 Å². The highest BCUT2D eigenvalue weighted by Gasteiger charge is 1.94. The molecule has 1 unspecified atom stereocenters. The van der Waals surface area contributed by atoms with E-state index >= 15 is 0 Å². The second kappa shape index (κ2) is 18.3. The van der Waals surface area contributed by atoms with Gasteiger partial charge in [0.05, 0.1) is 6.10 Å². The Hall–Kier alpha value is -0.0800. The SMILES string of the molecule is CCCCCCCCCC(C)O.CCOCC. The molecule has 0 saturated carbocycles. The molecule has 2 heteroatoms. The van der Waals surface area contributed by atoms with Crippen molar-refractivity contribution in [2.45, 2.75) is 85.2 Å². The van der Waals surface area contributed by atoms with Gasteiger partial charge in [0, 0.05) is 13.2 Å². The summed E-state index contributed by atoms with van der Waals surface area (Å²) in [6, 6.07) is 0. The molecule has 0 aromatic carbocycles. The average molecular weight is 246 g/mol. The number of hydrogen-bond donors (Lipinski definition) is 1. The van der Waals surface area contributed by atoms with Crippen molar-refractivity contribution in [3.8, 4) is 0 Å². The van der Waals surface area contributed by atoms with Crippen molar-refractivity contribution in [2.75, 3.05) is 13.2 Å². The van der Waals surface area contributed by atoms with Crippen molar-refractivity contribution in [2.24, 2.45) is 0 Å². The van der Waals surface area contributed by atoms with E-state index in [1.54, 1.807) is 0 Å². The quantitative estimate of drug-likeness (QED) is 0.573. The number of rotatable bonds is 10. The van der Waals surface area contributed by atoms with Gasteiger partial charge in [0.25, 0.3) is 0 Å². The van der Waals surface area contributed by atoms with E-state index in [-0.39, 0.29) is 6.10 Å². The maximum absolute atomic E-state index is 8.99. The molecular formula is C15H34O2. The van der Waals surface area contributed by atoms with Gasteiger partial charge in [-0.05, 0) is 27.2 Å². The van der Waals surface area contributed by atoms with Crippen LogP contribution in [-0.2, 0) is 4.74 Å². The Balaban J connectivity index is 0. The second-order valence-electron chi connectivity index (χ2n) is 4.54. The van der Waals surface area contributed by atoms with Crippen LogP contribution in [-0.4, -0.2) is 24.4 Å². The van der Waals surface area contributed by atoms with Crippen LogP contribution in [0.25, 0.3) is 0 Å². The van der Waals surface area contributed by atoms with Crippen molar-refractivity contribution >= 4 is 0 Å². The fourth-order valence-electron chi connectivity index (χ4n) is 1.60. The first-order chi connectivity index (χ1) is 8.18. The summed E-state index contributed by atoms with van der Waals surface area (Å²) in [5, 5.41) is 8.99. The van der Waals surface area contributed by atoms with Gasteiger partial charge >= 0.3 is 0 Å². The molecule has 0 aromatic rings. The molecule has 0 bridgehead atoms. The van der Waals surface area contributed by atoms with Crippen LogP contribution in [0.3, 0.4) is 0 Å². The molecule has 106 valence electrons. The molecule has 0 fully saturated rings. The molecule has 0 aromatic heterocycles. The van der Waals surface area contributed by atoms with Crippen LogP contribution in [0.4, 0.5) is 0 Å². The van der Waals surface area contributed by atoms with Gasteiger partial charge in [-0.3, -0.25) is 0 Å². The standard InChI is InChI=1S/C11H24O.C4H10O/c1-3-4-5-6-7-8-9-10-11(2)12;1-3-5-4-2/h11-12H,3-10H2,1-2H3;3-4H2,1-2H3. The molecular weight excluding hydrogens is 212 g/mol. The lowest BCUT2D eigenvalue weighted by molar-refractivity contribution is 0.162. The van der Waals surface area contributed by atoms with Crippen molar-refractivity contribution < 1.29 is 9.84 Å². The predicted molar refractivity (Wildman–Crippen MR) is 76.5 cm³/mol. The van der Waals surface area contributed by atoms with Crippen molar-refractivity contribution in [3.05, 3.63) is 0 Å². The minimum atomic E-state index is -0.0966. The third-order valence-corrected chi connectivity index (χ3v) is 2.63. The van der Waals surface area contributed by atoms with Gasteiger partial charge < -0.3 is 9.84 Å². The molecule has 0 saturated heterocycles. The van der Waals surface area contributed by atoms with E-state index < -0.39 is 0 Å². The van der Waals surface area contributed by atoms with Crippen LogP contribution in [0.2, 0.25) is 0 Å². The second-order valence-corrected chi connectivity index (χ2v) is 4.54. The van der Waals surface area contributed by atoms with Crippen LogP contribution in [0, 0.1) is 0 Å². The molecule has 0 aliphatic carbocycles. The maximum Gasteiger partial charge on any atom is 0.0512 e. The van der Waals surface area contributed by atoms with E-state index in [4.69, 9.17) is 9.84 Å². The molecule has 0 aliphatic rings. The lowest BCUT2D eigenvalue weighted by atomic mass is 10.1. The number of aliphatic hydroxyl groups excluding tert-OH is 1. The highest BCUT2D eigenvalue weighted by atomic mass is 16.5. The Morgan fingerprint density at radius 1 is 0.824 bits per heavy atom. The fraction of sp³-hybridized carbons (Fsp3) is 1.00. The summed E-state index contributed by atoms with van der Waals surface area (Å²) in [7, 11) is 0. The first-order valence-electron chi connectivity index (χ1n) is 7.44. The topological polar surface area (TPSA) is 29.5 Å². The largest absolute Gasteiger partial charge is 0.393 e. The van der Waals surface area contributed by atoms with Gasteiger partial charge in [0.15, 0.2) is 0 Å². The third kappa shape index (κ3) is 25.9. The van der Waals surface area contributed by atoms with Crippen LogP contribution >= 0.6 is 0 Å². The number of aliphatic hydroxyl groups is 1. The predicted octanol–water partition coefficient (Wildman–Crippen LogP) is 4.55. The average Bonchev–Trinajstić information content (AvgIpc) is 2.29. The smallest absolute Gasteiger partial charge is 0.0512 e. The van der Waals surface area contributed by atoms with Crippen LogP contribution in [0.5, 0.6) is 0 Å². The molecule has 0 radical (unpaired) electrons. The van der Waals surface area contributed by atoms with Gasteiger partial charge in [0.2, 0.25) is 0 Å². The number of unbranched alkanes of at least 4 members (excludes halogenated alkanes) is 6. The first kappa shape index (κ1) is 19.3. The zero-order valence-electron chi connectivity index (χ0n) is 12.5. The number of hydrogen-bond acceptors (Lipinski definition) is 2. The molecule has 1 N–H and O–H groups in total. The molecule has 17 heavy (non-hydrogen) atoms. The summed E-state index contributed by atoms with van der Waals surface area (Å²) >= 11 is 0. The lowest BCUT2D eigenvalue weighted by Gasteiger charge is -2.03. The van der Waals surface area contributed by atoms with Gasteiger partial charge in [0.1, 0.15) is 0 Å². The van der Waals surface area contributed by atoms with Gasteiger partial charge in [-0.25, -0.2) is 0 Å². The van der Waals surface area contributed by atoms with Crippen LogP contribution in [0.15, 0.2) is 0 Å². The Morgan fingerprint density at radius 2 is 1.29 bits per heavy atom. The highest BCUT2D eigenvalue weighted by molar-refractivity contribution is 4.49. The fourth-order valence-corrected chi connectivity index (χ4v) is 1.60. The van der Waals surface area contributed by atoms with Gasteiger partial charge in [-0.1, -0.05) is 51.9 Å². The van der Waals surface area contributed by atoms with E-state index in [0.717, 1.165) is 19.6 Å². The zero-order chi connectivity index (χ0) is 13.4. The third-order valence-electron chi connectivity index (χ3n) is 2.63. The molecule has 2 nitrogen and oxygen atoms in total. The molecule has 0 heterocycles. The zero-order valence-corrected chi connectivity index (χ0v) is 12.5. The summed E-state index contributed by atoms with van der Waals surface area (Å²) in [6.07, 6.45) is 10.2. The Bertz CT molecular complexity index is 111. The molecule has 0 amide bonds. The highest BCUT2D eigenvalue weighted by Crippen LogP contribution is 2.09. The molecule has 1 atom stereocenters. The van der Waals surface area contributed by atoms with E-state index in [1.165, 1.54) is 44.9 Å². The van der Waals surface area contributed by atoms with Crippen molar-refractivity contribution in [1.29, 1.82) is 0 Å². The van der Waals surface area contributed by atoms with E-state index in [9.17, 15) is 0 Å². The minimum absolute atomic E-state index is 0.0966. The maximum atomic E-state index is 8.99. The Morgan fingerprint density at radius 3 is 1.65 bits per heavy atom.